The van der Waals surface area contributed by atoms with Gasteiger partial charge in [-0.1, -0.05) is 37.3 Å². The molecule has 3 rings (SSSR count). The largest absolute Gasteiger partial charge is 0.440 e. The zero-order chi connectivity index (χ0) is 14.7. The van der Waals surface area contributed by atoms with Crippen molar-refractivity contribution in [1.29, 1.82) is 0 Å². The topological polar surface area (TPSA) is 55.1 Å². The number of carbonyl (C=O) groups is 1. The SMILES string of the molecule is CCC(=O)Nc1ccc2oc(Cc3ccccc3)nc2c1. The molecule has 4 heteroatoms. The molecule has 0 spiro atoms. The van der Waals surface area contributed by atoms with Gasteiger partial charge < -0.3 is 9.73 Å². The lowest BCUT2D eigenvalue weighted by Crippen LogP contribution is -2.08. The Hall–Kier alpha value is -2.62. The van der Waals surface area contributed by atoms with E-state index in [0.29, 0.717) is 18.7 Å². The maximum atomic E-state index is 11.4. The second kappa shape index (κ2) is 5.79. The first-order chi connectivity index (χ1) is 10.2. The van der Waals surface area contributed by atoms with E-state index in [4.69, 9.17) is 4.42 Å². The zero-order valence-corrected chi connectivity index (χ0v) is 11.8. The van der Waals surface area contributed by atoms with Crippen molar-refractivity contribution in [3.05, 3.63) is 60.0 Å². The highest BCUT2D eigenvalue weighted by Crippen LogP contribution is 2.21. The van der Waals surface area contributed by atoms with Crippen LogP contribution in [0.5, 0.6) is 0 Å². The molecule has 1 amide bonds. The van der Waals surface area contributed by atoms with Crippen LogP contribution in [0.2, 0.25) is 0 Å². The maximum Gasteiger partial charge on any atom is 0.224 e. The predicted octanol–water partition coefficient (Wildman–Crippen LogP) is 3.77. The van der Waals surface area contributed by atoms with Crippen molar-refractivity contribution in [3.8, 4) is 0 Å². The first kappa shape index (κ1) is 13.4. The second-order valence-electron chi connectivity index (χ2n) is 4.85. The van der Waals surface area contributed by atoms with E-state index in [0.717, 1.165) is 22.4 Å². The first-order valence-corrected chi connectivity index (χ1v) is 6.98. The van der Waals surface area contributed by atoms with Gasteiger partial charge in [0.25, 0.3) is 0 Å². The molecule has 3 aromatic rings. The van der Waals surface area contributed by atoms with Crippen molar-refractivity contribution in [2.24, 2.45) is 0 Å². The number of anilines is 1. The third kappa shape index (κ3) is 3.11. The van der Waals surface area contributed by atoms with Crippen LogP contribution in [0.4, 0.5) is 5.69 Å². The van der Waals surface area contributed by atoms with Crippen LogP contribution < -0.4 is 5.32 Å². The monoisotopic (exact) mass is 280 g/mol. The lowest BCUT2D eigenvalue weighted by atomic mass is 10.1. The number of aromatic nitrogens is 1. The summed E-state index contributed by atoms with van der Waals surface area (Å²) in [5.41, 5.74) is 3.39. The molecule has 0 saturated heterocycles. The van der Waals surface area contributed by atoms with Crippen molar-refractivity contribution < 1.29 is 9.21 Å². The van der Waals surface area contributed by atoms with Crippen LogP contribution in [0.15, 0.2) is 52.9 Å². The molecular formula is C17H16N2O2. The average Bonchev–Trinajstić information content (AvgIpc) is 2.89. The summed E-state index contributed by atoms with van der Waals surface area (Å²) in [4.78, 5) is 15.9. The number of rotatable bonds is 4. The fraction of sp³-hybridized carbons (Fsp3) is 0.176. The molecular weight excluding hydrogens is 264 g/mol. The van der Waals surface area contributed by atoms with E-state index >= 15 is 0 Å². The zero-order valence-electron chi connectivity index (χ0n) is 11.8. The molecule has 106 valence electrons. The second-order valence-corrected chi connectivity index (χ2v) is 4.85. The molecule has 1 aromatic heterocycles. The Labute approximate surface area is 122 Å². The number of amides is 1. The molecule has 0 aliphatic carbocycles. The molecule has 0 fully saturated rings. The van der Waals surface area contributed by atoms with Crippen LogP contribution in [0, 0.1) is 0 Å². The Morgan fingerprint density at radius 1 is 1.19 bits per heavy atom. The number of nitrogens with one attached hydrogen (secondary N) is 1. The fourth-order valence-electron chi connectivity index (χ4n) is 2.15. The van der Waals surface area contributed by atoms with Gasteiger partial charge in [0.05, 0.1) is 0 Å². The van der Waals surface area contributed by atoms with Crippen molar-refractivity contribution in [2.45, 2.75) is 19.8 Å². The molecule has 1 heterocycles. The van der Waals surface area contributed by atoms with E-state index in [1.54, 1.807) is 0 Å². The molecule has 0 saturated carbocycles. The summed E-state index contributed by atoms with van der Waals surface area (Å²) >= 11 is 0. The highest BCUT2D eigenvalue weighted by molar-refractivity contribution is 5.92. The normalized spacial score (nSPS) is 10.7. The quantitative estimate of drug-likeness (QED) is 0.791. The minimum absolute atomic E-state index is 0.0117. The lowest BCUT2D eigenvalue weighted by molar-refractivity contribution is -0.115. The van der Waals surface area contributed by atoms with Gasteiger partial charge in [-0.3, -0.25) is 4.79 Å². The number of hydrogen-bond donors (Lipinski definition) is 1. The summed E-state index contributed by atoms with van der Waals surface area (Å²) in [6.45, 7) is 1.82. The number of nitrogens with zero attached hydrogens (tertiary/aromatic N) is 1. The Bertz CT molecular complexity index is 763. The highest BCUT2D eigenvalue weighted by Gasteiger charge is 2.08. The van der Waals surface area contributed by atoms with Crippen molar-refractivity contribution in [2.75, 3.05) is 5.32 Å². The number of carbonyl (C=O) groups excluding carboxylic acids is 1. The van der Waals surface area contributed by atoms with Crippen LogP contribution in [0.25, 0.3) is 11.1 Å². The summed E-state index contributed by atoms with van der Waals surface area (Å²) in [7, 11) is 0. The molecule has 1 N–H and O–H groups in total. The van der Waals surface area contributed by atoms with Gasteiger partial charge in [-0.25, -0.2) is 4.98 Å². The van der Waals surface area contributed by atoms with Crippen LogP contribution in [-0.2, 0) is 11.2 Å². The van der Waals surface area contributed by atoms with Crippen molar-refractivity contribution in [3.63, 3.8) is 0 Å². The van der Waals surface area contributed by atoms with Gasteiger partial charge in [0.2, 0.25) is 5.91 Å². The molecule has 2 aromatic carbocycles. The van der Waals surface area contributed by atoms with Gasteiger partial charge in [-0.2, -0.15) is 0 Å². The Morgan fingerprint density at radius 3 is 2.76 bits per heavy atom. The molecule has 0 aliphatic heterocycles. The summed E-state index contributed by atoms with van der Waals surface area (Å²) < 4.78 is 5.73. The van der Waals surface area contributed by atoms with E-state index in [1.165, 1.54) is 0 Å². The first-order valence-electron chi connectivity index (χ1n) is 6.98. The summed E-state index contributed by atoms with van der Waals surface area (Å²) in [6, 6.07) is 15.6. The summed E-state index contributed by atoms with van der Waals surface area (Å²) in [5.74, 6) is 0.664. The fourth-order valence-corrected chi connectivity index (χ4v) is 2.15. The van der Waals surface area contributed by atoms with E-state index < -0.39 is 0 Å². The van der Waals surface area contributed by atoms with Gasteiger partial charge in [0.15, 0.2) is 11.5 Å². The average molecular weight is 280 g/mol. The van der Waals surface area contributed by atoms with Gasteiger partial charge in [-0.15, -0.1) is 0 Å². The van der Waals surface area contributed by atoms with E-state index in [1.807, 2.05) is 55.5 Å². The molecule has 0 unspecified atom stereocenters. The Kier molecular flexibility index (Phi) is 3.69. The number of fused-ring (bicyclic) bond motifs is 1. The molecule has 21 heavy (non-hydrogen) atoms. The van der Waals surface area contributed by atoms with E-state index in [-0.39, 0.29) is 5.91 Å². The summed E-state index contributed by atoms with van der Waals surface area (Å²) in [5, 5.41) is 2.82. The summed E-state index contributed by atoms with van der Waals surface area (Å²) in [6.07, 6.45) is 1.11. The molecule has 0 atom stereocenters. The minimum Gasteiger partial charge on any atom is -0.440 e. The van der Waals surface area contributed by atoms with Crippen molar-refractivity contribution >= 4 is 22.7 Å². The van der Waals surface area contributed by atoms with Crippen LogP contribution in [-0.4, -0.2) is 10.9 Å². The highest BCUT2D eigenvalue weighted by atomic mass is 16.3. The van der Waals surface area contributed by atoms with Gasteiger partial charge in [0, 0.05) is 18.5 Å². The van der Waals surface area contributed by atoms with Crippen molar-refractivity contribution in [1.82, 2.24) is 4.98 Å². The lowest BCUT2D eigenvalue weighted by Gasteiger charge is -2.01. The van der Waals surface area contributed by atoms with E-state index in [9.17, 15) is 4.79 Å². The third-order valence-electron chi connectivity index (χ3n) is 3.23. The number of oxazole rings is 1. The van der Waals surface area contributed by atoms with Gasteiger partial charge >= 0.3 is 0 Å². The van der Waals surface area contributed by atoms with Gasteiger partial charge in [0.1, 0.15) is 5.52 Å². The van der Waals surface area contributed by atoms with E-state index in [2.05, 4.69) is 10.3 Å². The maximum absolute atomic E-state index is 11.4. The molecule has 0 radical (unpaired) electrons. The van der Waals surface area contributed by atoms with Crippen LogP contribution in [0.1, 0.15) is 24.8 Å². The standard InChI is InChI=1S/C17H16N2O2/c1-2-16(20)18-13-8-9-15-14(11-13)19-17(21-15)10-12-6-4-3-5-7-12/h3-9,11H,2,10H2,1H3,(H,18,20). The number of hydrogen-bond acceptors (Lipinski definition) is 3. The minimum atomic E-state index is -0.0117. The van der Waals surface area contributed by atoms with Gasteiger partial charge in [-0.05, 0) is 23.8 Å². The van der Waals surface area contributed by atoms with Crippen LogP contribution in [0.3, 0.4) is 0 Å². The smallest absolute Gasteiger partial charge is 0.224 e. The Balaban J connectivity index is 1.84. The molecule has 0 aliphatic rings. The Morgan fingerprint density at radius 2 is 2.00 bits per heavy atom. The third-order valence-corrected chi connectivity index (χ3v) is 3.23. The predicted molar refractivity (Wildman–Crippen MR) is 82.2 cm³/mol. The molecule has 0 bridgehead atoms. The van der Waals surface area contributed by atoms with Crippen LogP contribution >= 0.6 is 0 Å². The number of benzene rings is 2. The molecule has 4 nitrogen and oxygen atoms in total.